The summed E-state index contributed by atoms with van der Waals surface area (Å²) in [6, 6.07) is 11.4. The Hall–Kier alpha value is -1.12. The van der Waals surface area contributed by atoms with Crippen molar-refractivity contribution in [1.29, 1.82) is 0 Å². The predicted octanol–water partition coefficient (Wildman–Crippen LogP) is 5.07. The zero-order valence-corrected chi connectivity index (χ0v) is 13.8. The van der Waals surface area contributed by atoms with Crippen LogP contribution in [-0.4, -0.2) is 0 Å². The maximum absolute atomic E-state index is 6.65. The minimum absolute atomic E-state index is 0.130. The van der Waals surface area contributed by atoms with E-state index >= 15 is 0 Å². The highest BCUT2D eigenvalue weighted by Crippen LogP contribution is 2.41. The van der Waals surface area contributed by atoms with Gasteiger partial charge in [-0.1, -0.05) is 38.1 Å². The average molecular weight is 299 g/mol. The molecule has 0 fully saturated rings. The van der Waals surface area contributed by atoms with Crippen LogP contribution in [0.4, 0.5) is 0 Å². The molecule has 0 aliphatic heterocycles. The number of hydrogen-bond acceptors (Lipinski definition) is 2. The summed E-state index contributed by atoms with van der Waals surface area (Å²) in [6.45, 7) is 4.54. The van der Waals surface area contributed by atoms with Gasteiger partial charge in [-0.25, -0.2) is 0 Å². The average Bonchev–Trinajstić information content (AvgIpc) is 2.94. The Morgan fingerprint density at radius 2 is 2.14 bits per heavy atom. The molecule has 2 atom stereocenters. The van der Waals surface area contributed by atoms with Gasteiger partial charge in [-0.2, -0.15) is 0 Å². The highest BCUT2D eigenvalue weighted by Gasteiger charge is 2.27. The van der Waals surface area contributed by atoms with Crippen molar-refractivity contribution < 1.29 is 0 Å². The molecule has 1 aliphatic carbocycles. The fraction of sp³-hybridized carbons (Fsp3) is 0.474. The molecule has 2 unspecified atom stereocenters. The Morgan fingerprint density at radius 1 is 1.29 bits per heavy atom. The highest BCUT2D eigenvalue weighted by molar-refractivity contribution is 7.10. The Balaban J connectivity index is 1.84. The van der Waals surface area contributed by atoms with E-state index in [9.17, 15) is 0 Å². The molecule has 0 amide bonds. The second kappa shape index (κ2) is 6.33. The van der Waals surface area contributed by atoms with E-state index in [1.807, 2.05) is 11.3 Å². The first kappa shape index (κ1) is 14.8. The summed E-state index contributed by atoms with van der Waals surface area (Å²) in [5.74, 6) is 1.18. The van der Waals surface area contributed by atoms with E-state index in [-0.39, 0.29) is 6.04 Å². The first-order chi connectivity index (χ1) is 10.1. The number of benzene rings is 1. The monoisotopic (exact) mass is 299 g/mol. The normalized spacial score (nSPS) is 19.5. The van der Waals surface area contributed by atoms with E-state index in [0.717, 1.165) is 6.42 Å². The van der Waals surface area contributed by atoms with E-state index < -0.39 is 0 Å². The van der Waals surface area contributed by atoms with E-state index in [1.54, 1.807) is 4.88 Å². The molecule has 0 saturated carbocycles. The van der Waals surface area contributed by atoms with Crippen LogP contribution in [0.25, 0.3) is 0 Å². The topological polar surface area (TPSA) is 26.0 Å². The van der Waals surface area contributed by atoms with Crippen LogP contribution in [0, 0.1) is 5.92 Å². The number of aryl methyl sites for hydroxylation is 1. The molecule has 2 heteroatoms. The van der Waals surface area contributed by atoms with Gasteiger partial charge in [0.2, 0.25) is 0 Å². The fourth-order valence-corrected chi connectivity index (χ4v) is 4.52. The Morgan fingerprint density at radius 3 is 2.95 bits per heavy atom. The molecular formula is C19H25NS. The Bertz CT molecular complexity index is 599. The lowest BCUT2D eigenvalue weighted by atomic mass is 9.80. The standard InChI is InChI=1S/C19H25NS/c1-13(2)11-14-5-3-6-15(12-14)19(20)17-7-4-8-18-16(17)9-10-21-18/h3,5-6,9-10,12-13,17,19H,4,7-8,11,20H2,1-2H3. The Labute approximate surface area is 132 Å². The third-order valence-electron chi connectivity index (χ3n) is 4.51. The lowest BCUT2D eigenvalue weighted by Gasteiger charge is -2.28. The SMILES string of the molecule is CC(C)Cc1cccc(C(N)C2CCCc3sccc32)c1. The predicted molar refractivity (Wildman–Crippen MR) is 91.9 cm³/mol. The third-order valence-corrected chi connectivity index (χ3v) is 5.51. The maximum Gasteiger partial charge on any atom is 0.0364 e. The van der Waals surface area contributed by atoms with Crippen LogP contribution in [0.3, 0.4) is 0 Å². The molecule has 0 saturated heterocycles. The molecule has 1 aromatic carbocycles. The number of fused-ring (bicyclic) bond motifs is 1. The fourth-order valence-electron chi connectivity index (χ4n) is 3.53. The molecular weight excluding hydrogens is 274 g/mol. The molecule has 2 aromatic rings. The van der Waals surface area contributed by atoms with Gasteiger partial charge in [0.25, 0.3) is 0 Å². The summed E-state index contributed by atoms with van der Waals surface area (Å²) in [5.41, 5.74) is 10.9. The van der Waals surface area contributed by atoms with Crippen LogP contribution in [0.1, 0.15) is 60.2 Å². The molecule has 2 N–H and O–H groups in total. The molecule has 0 bridgehead atoms. The molecule has 1 aromatic heterocycles. The molecule has 1 nitrogen and oxygen atoms in total. The zero-order valence-electron chi connectivity index (χ0n) is 13.0. The van der Waals surface area contributed by atoms with Crippen molar-refractivity contribution in [2.24, 2.45) is 11.7 Å². The van der Waals surface area contributed by atoms with Gasteiger partial charge >= 0.3 is 0 Å². The summed E-state index contributed by atoms with van der Waals surface area (Å²) in [7, 11) is 0. The van der Waals surface area contributed by atoms with Crippen molar-refractivity contribution in [2.75, 3.05) is 0 Å². The largest absolute Gasteiger partial charge is 0.323 e. The quantitative estimate of drug-likeness (QED) is 0.838. The van der Waals surface area contributed by atoms with Crippen molar-refractivity contribution in [3.63, 3.8) is 0 Å². The van der Waals surface area contributed by atoms with Gasteiger partial charge in [0.1, 0.15) is 0 Å². The lowest BCUT2D eigenvalue weighted by molar-refractivity contribution is 0.478. The maximum atomic E-state index is 6.65. The van der Waals surface area contributed by atoms with Crippen molar-refractivity contribution >= 4 is 11.3 Å². The van der Waals surface area contributed by atoms with E-state index in [2.05, 4.69) is 49.6 Å². The van der Waals surface area contributed by atoms with Crippen LogP contribution in [-0.2, 0) is 12.8 Å². The Kier molecular flexibility index (Phi) is 4.46. The minimum Gasteiger partial charge on any atom is -0.323 e. The van der Waals surface area contributed by atoms with E-state index in [4.69, 9.17) is 5.73 Å². The molecule has 1 aliphatic rings. The van der Waals surface area contributed by atoms with Crippen LogP contribution in [0.15, 0.2) is 35.7 Å². The number of rotatable bonds is 4. The second-order valence-corrected chi connectivity index (χ2v) is 7.67. The molecule has 112 valence electrons. The summed E-state index contributed by atoms with van der Waals surface area (Å²) in [6.07, 6.45) is 4.87. The molecule has 1 heterocycles. The van der Waals surface area contributed by atoms with Gasteiger partial charge in [-0.05, 0) is 59.7 Å². The first-order valence-electron chi connectivity index (χ1n) is 8.06. The van der Waals surface area contributed by atoms with Gasteiger partial charge in [0.05, 0.1) is 0 Å². The van der Waals surface area contributed by atoms with E-state index in [0.29, 0.717) is 11.8 Å². The smallest absolute Gasteiger partial charge is 0.0364 e. The van der Waals surface area contributed by atoms with Gasteiger partial charge in [-0.15, -0.1) is 11.3 Å². The second-order valence-electron chi connectivity index (χ2n) is 6.67. The zero-order chi connectivity index (χ0) is 14.8. The van der Waals surface area contributed by atoms with Crippen molar-refractivity contribution in [3.8, 4) is 0 Å². The molecule has 3 rings (SSSR count). The minimum atomic E-state index is 0.130. The van der Waals surface area contributed by atoms with Crippen LogP contribution < -0.4 is 5.73 Å². The number of nitrogens with two attached hydrogens (primary N) is 1. The first-order valence-corrected chi connectivity index (χ1v) is 8.94. The molecule has 0 radical (unpaired) electrons. The van der Waals surface area contributed by atoms with Gasteiger partial charge in [0, 0.05) is 16.8 Å². The third kappa shape index (κ3) is 3.22. The molecule has 21 heavy (non-hydrogen) atoms. The summed E-state index contributed by atoms with van der Waals surface area (Å²) in [4.78, 5) is 1.56. The molecule has 0 spiro atoms. The van der Waals surface area contributed by atoms with Crippen LogP contribution in [0.5, 0.6) is 0 Å². The number of thiophene rings is 1. The van der Waals surface area contributed by atoms with Crippen LogP contribution in [0.2, 0.25) is 0 Å². The van der Waals surface area contributed by atoms with Crippen molar-refractivity contribution in [2.45, 2.75) is 51.5 Å². The van der Waals surface area contributed by atoms with Gasteiger partial charge < -0.3 is 5.73 Å². The van der Waals surface area contributed by atoms with Gasteiger partial charge in [-0.3, -0.25) is 0 Å². The summed E-state index contributed by atoms with van der Waals surface area (Å²) >= 11 is 1.90. The number of hydrogen-bond donors (Lipinski definition) is 1. The van der Waals surface area contributed by atoms with E-state index in [1.165, 1.54) is 36.0 Å². The summed E-state index contributed by atoms with van der Waals surface area (Å²) in [5, 5.41) is 2.23. The highest BCUT2D eigenvalue weighted by atomic mass is 32.1. The summed E-state index contributed by atoms with van der Waals surface area (Å²) < 4.78 is 0. The van der Waals surface area contributed by atoms with Crippen molar-refractivity contribution in [1.82, 2.24) is 0 Å². The van der Waals surface area contributed by atoms with Crippen molar-refractivity contribution in [3.05, 3.63) is 57.3 Å². The lowest BCUT2D eigenvalue weighted by Crippen LogP contribution is -2.22. The van der Waals surface area contributed by atoms with Crippen LogP contribution >= 0.6 is 11.3 Å². The van der Waals surface area contributed by atoms with Gasteiger partial charge in [0.15, 0.2) is 0 Å².